The molecule has 2 aliphatic heterocycles. The lowest BCUT2D eigenvalue weighted by molar-refractivity contribution is -0.223. The third-order valence-corrected chi connectivity index (χ3v) is 6.34. The van der Waals surface area contributed by atoms with E-state index in [0.29, 0.717) is 25.4 Å². The summed E-state index contributed by atoms with van der Waals surface area (Å²) in [4.78, 5) is 33.3. The molecule has 1 unspecified atom stereocenters. The maximum atomic E-state index is 12.6. The van der Waals surface area contributed by atoms with E-state index in [2.05, 4.69) is 43.0 Å². The normalized spacial score (nSPS) is 21.9. The lowest BCUT2D eigenvalue weighted by Gasteiger charge is -2.45. The van der Waals surface area contributed by atoms with Crippen molar-refractivity contribution in [2.75, 3.05) is 26.8 Å². The SMILES string of the molecule is CCCON1C(=O)CC(C(=O)OC)C12CCN(Cc1ccc(C(C)C)cc1)CC2. The first-order chi connectivity index (χ1) is 13.9. The number of methoxy groups -OCH3 is 1. The summed E-state index contributed by atoms with van der Waals surface area (Å²) < 4.78 is 5.03. The molecule has 6 heteroatoms. The number of benzene rings is 1. The second-order valence-corrected chi connectivity index (χ2v) is 8.58. The smallest absolute Gasteiger partial charge is 0.311 e. The van der Waals surface area contributed by atoms with Crippen molar-refractivity contribution < 1.29 is 19.2 Å². The molecule has 1 aromatic carbocycles. The summed E-state index contributed by atoms with van der Waals surface area (Å²) in [5.41, 5.74) is 2.05. The van der Waals surface area contributed by atoms with Gasteiger partial charge in [-0.25, -0.2) is 5.06 Å². The Labute approximate surface area is 174 Å². The van der Waals surface area contributed by atoms with Crippen LogP contribution in [0.25, 0.3) is 0 Å². The van der Waals surface area contributed by atoms with Gasteiger partial charge in [0, 0.05) is 26.1 Å². The average molecular weight is 403 g/mol. The molecule has 2 saturated heterocycles. The number of nitrogens with zero attached hydrogens (tertiary/aromatic N) is 2. The lowest BCUT2D eigenvalue weighted by Crippen LogP contribution is -2.57. The van der Waals surface area contributed by atoms with Gasteiger partial charge >= 0.3 is 5.97 Å². The third kappa shape index (κ3) is 4.48. The van der Waals surface area contributed by atoms with Gasteiger partial charge in [-0.1, -0.05) is 45.0 Å². The maximum absolute atomic E-state index is 12.6. The number of amides is 1. The van der Waals surface area contributed by atoms with E-state index in [1.54, 1.807) is 0 Å². The lowest BCUT2D eigenvalue weighted by atomic mass is 9.77. The molecule has 2 aliphatic rings. The largest absolute Gasteiger partial charge is 0.469 e. The molecule has 0 saturated carbocycles. The fourth-order valence-corrected chi connectivity index (χ4v) is 4.58. The molecule has 6 nitrogen and oxygen atoms in total. The van der Waals surface area contributed by atoms with E-state index in [0.717, 1.165) is 26.1 Å². The van der Waals surface area contributed by atoms with Crippen LogP contribution in [0.2, 0.25) is 0 Å². The zero-order valence-electron chi connectivity index (χ0n) is 18.1. The summed E-state index contributed by atoms with van der Waals surface area (Å²) >= 11 is 0. The van der Waals surface area contributed by atoms with E-state index in [1.165, 1.54) is 23.3 Å². The summed E-state index contributed by atoms with van der Waals surface area (Å²) in [5, 5.41) is 1.52. The summed E-state index contributed by atoms with van der Waals surface area (Å²) in [6, 6.07) is 8.81. The molecule has 0 radical (unpaired) electrons. The van der Waals surface area contributed by atoms with E-state index in [9.17, 15) is 9.59 Å². The Morgan fingerprint density at radius 1 is 1.21 bits per heavy atom. The highest BCUT2D eigenvalue weighted by Crippen LogP contribution is 2.44. The van der Waals surface area contributed by atoms with Crippen molar-refractivity contribution in [3.05, 3.63) is 35.4 Å². The molecule has 3 rings (SSSR count). The Kier molecular flexibility index (Phi) is 6.96. The van der Waals surface area contributed by atoms with Gasteiger partial charge in [-0.3, -0.25) is 19.3 Å². The number of hydrogen-bond donors (Lipinski definition) is 0. The molecule has 1 atom stereocenters. The molecule has 29 heavy (non-hydrogen) atoms. The fourth-order valence-electron chi connectivity index (χ4n) is 4.58. The van der Waals surface area contributed by atoms with Gasteiger partial charge in [-0.05, 0) is 36.3 Å². The summed E-state index contributed by atoms with van der Waals surface area (Å²) in [6.45, 7) is 9.40. The van der Waals surface area contributed by atoms with E-state index in [4.69, 9.17) is 9.57 Å². The molecule has 1 amide bonds. The van der Waals surface area contributed by atoms with Gasteiger partial charge in [0.1, 0.15) is 0 Å². The van der Waals surface area contributed by atoms with Gasteiger partial charge in [0.25, 0.3) is 0 Å². The molecule has 1 spiro atoms. The first-order valence-electron chi connectivity index (χ1n) is 10.8. The molecule has 2 heterocycles. The highest BCUT2D eigenvalue weighted by atomic mass is 16.7. The summed E-state index contributed by atoms with van der Waals surface area (Å²) in [6.07, 6.45) is 2.42. The van der Waals surface area contributed by atoms with Crippen LogP contribution >= 0.6 is 0 Å². The molecule has 0 aromatic heterocycles. The number of piperidine rings is 1. The molecule has 160 valence electrons. The molecule has 0 aliphatic carbocycles. The second-order valence-electron chi connectivity index (χ2n) is 8.58. The third-order valence-electron chi connectivity index (χ3n) is 6.34. The van der Waals surface area contributed by atoms with E-state index < -0.39 is 11.5 Å². The van der Waals surface area contributed by atoms with Crippen LogP contribution in [-0.2, 0) is 25.7 Å². The quantitative estimate of drug-likeness (QED) is 0.653. The first-order valence-corrected chi connectivity index (χ1v) is 10.8. The number of hydroxylamine groups is 2. The first kappa shape index (κ1) is 21.8. The zero-order valence-corrected chi connectivity index (χ0v) is 18.1. The summed E-state index contributed by atoms with van der Waals surface area (Å²) in [5.74, 6) is -0.335. The molecule has 0 N–H and O–H groups in total. The Bertz CT molecular complexity index is 708. The van der Waals surface area contributed by atoms with Crippen LogP contribution in [0, 0.1) is 5.92 Å². The van der Waals surface area contributed by atoms with Gasteiger partial charge in [0.05, 0.1) is 25.2 Å². The minimum atomic E-state index is -0.586. The standard InChI is InChI=1S/C23H34N2O4/c1-5-14-29-25-21(26)15-20(22(27)28-4)23(25)10-12-24(13-11-23)16-18-6-8-19(9-7-18)17(2)3/h6-9,17,20H,5,10-16H2,1-4H3. The Morgan fingerprint density at radius 3 is 2.41 bits per heavy atom. The highest BCUT2D eigenvalue weighted by molar-refractivity contribution is 5.88. The van der Waals surface area contributed by atoms with Crippen LogP contribution in [0.5, 0.6) is 0 Å². The van der Waals surface area contributed by atoms with Gasteiger partial charge < -0.3 is 4.74 Å². The number of carbonyl (C=O) groups excluding carboxylic acids is 2. The average Bonchev–Trinajstić information content (AvgIpc) is 2.99. The van der Waals surface area contributed by atoms with E-state index in [-0.39, 0.29) is 18.3 Å². The van der Waals surface area contributed by atoms with Gasteiger partial charge in [-0.2, -0.15) is 0 Å². The fraction of sp³-hybridized carbons (Fsp3) is 0.652. The van der Waals surface area contributed by atoms with Crippen LogP contribution in [0.4, 0.5) is 0 Å². The van der Waals surface area contributed by atoms with E-state index >= 15 is 0 Å². The van der Waals surface area contributed by atoms with Gasteiger partial charge in [0.2, 0.25) is 5.91 Å². The number of carbonyl (C=O) groups is 2. The maximum Gasteiger partial charge on any atom is 0.311 e. The van der Waals surface area contributed by atoms with Crippen molar-refractivity contribution in [3.63, 3.8) is 0 Å². The van der Waals surface area contributed by atoms with Crippen molar-refractivity contribution >= 4 is 11.9 Å². The van der Waals surface area contributed by atoms with Gasteiger partial charge in [-0.15, -0.1) is 0 Å². The number of ether oxygens (including phenoxy) is 1. The van der Waals surface area contributed by atoms with Crippen LogP contribution in [-0.4, -0.2) is 54.2 Å². The Hall–Kier alpha value is -1.92. The van der Waals surface area contributed by atoms with Crippen molar-refractivity contribution in [3.8, 4) is 0 Å². The molecule has 1 aromatic rings. The van der Waals surface area contributed by atoms with Crippen molar-refractivity contribution in [2.24, 2.45) is 5.92 Å². The van der Waals surface area contributed by atoms with Crippen molar-refractivity contribution in [2.45, 2.75) is 64.5 Å². The molecule has 2 fully saturated rings. The molecular formula is C23H34N2O4. The van der Waals surface area contributed by atoms with E-state index in [1.807, 2.05) is 6.92 Å². The second kappa shape index (κ2) is 9.26. The minimum absolute atomic E-state index is 0.105. The van der Waals surface area contributed by atoms with Crippen LogP contribution in [0.15, 0.2) is 24.3 Å². The predicted octanol–water partition coefficient (Wildman–Crippen LogP) is 3.51. The van der Waals surface area contributed by atoms with Crippen molar-refractivity contribution in [1.82, 2.24) is 9.96 Å². The topological polar surface area (TPSA) is 59.1 Å². The monoisotopic (exact) mass is 402 g/mol. The van der Waals surface area contributed by atoms with Crippen LogP contribution in [0.1, 0.15) is 63.5 Å². The summed E-state index contributed by atoms with van der Waals surface area (Å²) in [7, 11) is 1.39. The Balaban J connectivity index is 1.70. The van der Waals surface area contributed by atoms with Crippen LogP contribution < -0.4 is 0 Å². The number of esters is 1. The molecule has 0 bridgehead atoms. The highest BCUT2D eigenvalue weighted by Gasteiger charge is 2.58. The van der Waals surface area contributed by atoms with Crippen LogP contribution in [0.3, 0.4) is 0 Å². The minimum Gasteiger partial charge on any atom is -0.469 e. The number of hydrogen-bond acceptors (Lipinski definition) is 5. The van der Waals surface area contributed by atoms with Gasteiger partial charge in [0.15, 0.2) is 0 Å². The predicted molar refractivity (Wildman–Crippen MR) is 111 cm³/mol. The molecular weight excluding hydrogens is 368 g/mol. The number of rotatable bonds is 7. The Morgan fingerprint density at radius 2 is 1.86 bits per heavy atom. The van der Waals surface area contributed by atoms with Crippen molar-refractivity contribution in [1.29, 1.82) is 0 Å². The number of likely N-dealkylation sites (tertiary alicyclic amines) is 1. The zero-order chi connectivity index (χ0) is 21.0.